The van der Waals surface area contributed by atoms with E-state index in [2.05, 4.69) is 0 Å². The summed E-state index contributed by atoms with van der Waals surface area (Å²) >= 11 is 0. The topological polar surface area (TPSA) is 55.8 Å². The summed E-state index contributed by atoms with van der Waals surface area (Å²) in [6, 6.07) is 0. The summed E-state index contributed by atoms with van der Waals surface area (Å²) in [6.07, 6.45) is 7.16. The van der Waals surface area contributed by atoms with E-state index in [1.807, 2.05) is 0 Å². The van der Waals surface area contributed by atoms with E-state index in [-0.39, 0.29) is 6.42 Å². The molecule has 0 bridgehead atoms. The monoisotopic (exact) mass is 232 g/mol. The Labute approximate surface area is 97.9 Å². The Kier molecular flexibility index (Phi) is 12.0. The van der Waals surface area contributed by atoms with Crippen LogP contribution in [0.3, 0.4) is 0 Å². The van der Waals surface area contributed by atoms with Crippen LogP contribution in [0.15, 0.2) is 0 Å². The van der Waals surface area contributed by atoms with Crippen molar-refractivity contribution in [2.24, 2.45) is 0 Å². The minimum absolute atomic E-state index is 0.108. The van der Waals surface area contributed by atoms with Crippen LogP contribution in [-0.2, 0) is 14.3 Å². The number of carboxylic acid groups (broad SMARTS) is 1. The highest BCUT2D eigenvalue weighted by Crippen LogP contribution is 2.05. The summed E-state index contributed by atoms with van der Waals surface area (Å²) in [5.41, 5.74) is 0. The molecule has 0 amide bonds. The molecule has 0 unspecified atom stereocenters. The lowest BCUT2D eigenvalue weighted by molar-refractivity contribution is -0.138. The number of ether oxygens (including phenoxy) is 2. The van der Waals surface area contributed by atoms with Crippen molar-refractivity contribution in [3.8, 4) is 0 Å². The molecule has 4 heteroatoms. The lowest BCUT2D eigenvalue weighted by Gasteiger charge is -2.03. The molecular weight excluding hydrogens is 208 g/mol. The summed E-state index contributed by atoms with van der Waals surface area (Å²) < 4.78 is 10.2. The van der Waals surface area contributed by atoms with Gasteiger partial charge in [-0.2, -0.15) is 0 Å². The number of carbonyl (C=O) groups is 1. The second-order valence-electron chi connectivity index (χ2n) is 3.87. The van der Waals surface area contributed by atoms with Gasteiger partial charge in [-0.25, -0.2) is 0 Å². The van der Waals surface area contributed by atoms with Crippen molar-refractivity contribution in [2.75, 3.05) is 26.9 Å². The Bertz CT molecular complexity index is 159. The molecule has 0 heterocycles. The summed E-state index contributed by atoms with van der Waals surface area (Å²) in [6.45, 7) is 1.88. The van der Waals surface area contributed by atoms with Gasteiger partial charge < -0.3 is 14.6 Å². The van der Waals surface area contributed by atoms with Crippen LogP contribution < -0.4 is 0 Å². The largest absolute Gasteiger partial charge is 0.481 e. The molecule has 0 aliphatic rings. The molecule has 0 spiro atoms. The molecule has 4 nitrogen and oxygen atoms in total. The molecule has 0 aromatic carbocycles. The zero-order chi connectivity index (χ0) is 12.1. The Morgan fingerprint density at radius 2 is 1.50 bits per heavy atom. The maximum atomic E-state index is 10.2. The lowest BCUT2D eigenvalue weighted by Crippen LogP contribution is -2.03. The number of aliphatic carboxylic acids is 1. The van der Waals surface area contributed by atoms with E-state index in [0.717, 1.165) is 19.4 Å². The zero-order valence-electron chi connectivity index (χ0n) is 10.2. The van der Waals surface area contributed by atoms with E-state index in [9.17, 15) is 4.79 Å². The lowest BCUT2D eigenvalue weighted by atomic mass is 10.1. The van der Waals surface area contributed by atoms with Crippen molar-refractivity contribution in [1.82, 2.24) is 0 Å². The quantitative estimate of drug-likeness (QED) is 0.525. The van der Waals surface area contributed by atoms with Crippen LogP contribution in [0.25, 0.3) is 0 Å². The van der Waals surface area contributed by atoms with Gasteiger partial charge >= 0.3 is 5.97 Å². The van der Waals surface area contributed by atoms with Crippen LogP contribution in [-0.4, -0.2) is 38.0 Å². The van der Waals surface area contributed by atoms with Crippen molar-refractivity contribution in [1.29, 1.82) is 0 Å². The third-order valence-corrected chi connectivity index (χ3v) is 2.35. The van der Waals surface area contributed by atoms with Crippen molar-refractivity contribution < 1.29 is 19.4 Å². The summed E-state index contributed by atoms with van der Waals surface area (Å²) in [5.74, 6) is -0.793. The molecule has 0 saturated heterocycles. The third kappa shape index (κ3) is 13.4. The van der Waals surface area contributed by atoms with Crippen LogP contribution in [0, 0.1) is 0 Å². The molecule has 0 aliphatic heterocycles. The molecule has 96 valence electrons. The maximum absolute atomic E-state index is 10.2. The number of methoxy groups -OCH3 is 1. The van der Waals surface area contributed by atoms with Gasteiger partial charge in [0.2, 0.25) is 0 Å². The normalized spacial score (nSPS) is 10.6. The Morgan fingerprint density at radius 1 is 0.938 bits per heavy atom. The molecule has 0 radical (unpaired) electrons. The zero-order valence-corrected chi connectivity index (χ0v) is 10.2. The molecule has 0 rings (SSSR count). The van der Waals surface area contributed by atoms with Crippen molar-refractivity contribution in [2.45, 2.75) is 44.9 Å². The first-order chi connectivity index (χ1) is 7.77. The molecule has 0 aromatic rings. The first-order valence-electron chi connectivity index (χ1n) is 6.06. The predicted molar refractivity (Wildman–Crippen MR) is 62.6 cm³/mol. The molecule has 0 aromatic heterocycles. The van der Waals surface area contributed by atoms with E-state index in [0.29, 0.717) is 13.2 Å². The smallest absolute Gasteiger partial charge is 0.305 e. The van der Waals surface area contributed by atoms with Gasteiger partial charge in [0.15, 0.2) is 0 Å². The molecule has 0 atom stereocenters. The maximum Gasteiger partial charge on any atom is 0.305 e. The van der Waals surface area contributed by atoms with Crippen molar-refractivity contribution in [3.05, 3.63) is 0 Å². The van der Waals surface area contributed by atoms with Gasteiger partial charge in [0, 0.05) is 20.3 Å². The van der Waals surface area contributed by atoms with Gasteiger partial charge in [0.1, 0.15) is 0 Å². The molecule has 1 N–H and O–H groups in total. The molecule has 0 saturated carbocycles. The predicted octanol–water partition coefficient (Wildman–Crippen LogP) is 2.46. The fourth-order valence-electron chi connectivity index (χ4n) is 1.42. The number of hydrogen-bond acceptors (Lipinski definition) is 3. The average molecular weight is 232 g/mol. The third-order valence-electron chi connectivity index (χ3n) is 2.35. The fraction of sp³-hybridized carbons (Fsp3) is 0.917. The number of rotatable bonds is 12. The van der Waals surface area contributed by atoms with E-state index >= 15 is 0 Å². The van der Waals surface area contributed by atoms with Gasteiger partial charge in [-0.3, -0.25) is 4.79 Å². The van der Waals surface area contributed by atoms with Gasteiger partial charge in [-0.15, -0.1) is 0 Å². The highest BCUT2D eigenvalue weighted by atomic mass is 16.5. The number of carboxylic acids is 1. The Balaban J connectivity index is 2.90. The van der Waals surface area contributed by atoms with Crippen molar-refractivity contribution in [3.63, 3.8) is 0 Å². The minimum Gasteiger partial charge on any atom is -0.481 e. The minimum atomic E-state index is -0.793. The Morgan fingerprint density at radius 3 is 2.06 bits per heavy atom. The van der Waals surface area contributed by atoms with Gasteiger partial charge in [-0.1, -0.05) is 25.7 Å². The van der Waals surface area contributed by atoms with E-state index in [1.165, 1.54) is 25.7 Å². The van der Waals surface area contributed by atoms with E-state index in [1.54, 1.807) is 7.11 Å². The van der Waals surface area contributed by atoms with Crippen LogP contribution in [0.4, 0.5) is 0 Å². The van der Waals surface area contributed by atoms with Crippen molar-refractivity contribution >= 4 is 5.97 Å². The van der Waals surface area contributed by atoms with Crippen LogP contribution in [0.5, 0.6) is 0 Å². The standard InChI is InChI=1S/C12H24O4/c1-15-9-6-4-2-3-5-7-10-16-11-8-12(13)14/h2-11H2,1H3,(H,13,14). The average Bonchev–Trinajstić information content (AvgIpc) is 2.25. The highest BCUT2D eigenvalue weighted by Gasteiger charge is 1.96. The van der Waals surface area contributed by atoms with Gasteiger partial charge in [-0.05, 0) is 12.8 Å². The molecule has 0 aliphatic carbocycles. The molecule has 0 fully saturated rings. The number of unbranched alkanes of at least 4 members (excludes halogenated alkanes) is 5. The molecule has 16 heavy (non-hydrogen) atoms. The van der Waals surface area contributed by atoms with E-state index in [4.69, 9.17) is 14.6 Å². The summed E-state index contributed by atoms with van der Waals surface area (Å²) in [4.78, 5) is 10.2. The van der Waals surface area contributed by atoms with Gasteiger partial charge in [0.05, 0.1) is 13.0 Å². The van der Waals surface area contributed by atoms with Crippen LogP contribution in [0.2, 0.25) is 0 Å². The molecular formula is C12H24O4. The summed E-state index contributed by atoms with van der Waals surface area (Å²) in [7, 11) is 1.73. The van der Waals surface area contributed by atoms with E-state index < -0.39 is 5.97 Å². The second kappa shape index (κ2) is 12.5. The van der Waals surface area contributed by atoms with Gasteiger partial charge in [0.25, 0.3) is 0 Å². The fourth-order valence-corrected chi connectivity index (χ4v) is 1.42. The number of hydrogen-bond donors (Lipinski definition) is 1. The second-order valence-corrected chi connectivity index (χ2v) is 3.87. The van der Waals surface area contributed by atoms with Crippen LogP contribution >= 0.6 is 0 Å². The summed E-state index contributed by atoms with van der Waals surface area (Å²) in [5, 5.41) is 8.37. The first kappa shape index (κ1) is 15.4. The SMILES string of the molecule is COCCCCCCCCOCCC(=O)O. The van der Waals surface area contributed by atoms with Crippen LogP contribution in [0.1, 0.15) is 44.9 Å². The highest BCUT2D eigenvalue weighted by molar-refractivity contribution is 5.66. The Hall–Kier alpha value is -0.610. The first-order valence-corrected chi connectivity index (χ1v) is 6.06.